The zero-order valence-corrected chi connectivity index (χ0v) is 7.31. The Morgan fingerprint density at radius 2 is 1.93 bits per heavy atom. The minimum Gasteiger partial charge on any atom is -0.504 e. The lowest BCUT2D eigenvalue weighted by atomic mass is 10.2. The topological polar surface area (TPSA) is 99.0 Å². The minimum atomic E-state index is -0.464. The van der Waals surface area contributed by atoms with E-state index in [-0.39, 0.29) is 11.4 Å². The van der Waals surface area contributed by atoms with Gasteiger partial charge >= 0.3 is 0 Å². The van der Waals surface area contributed by atoms with Crippen LogP contribution in [0.5, 0.6) is 11.5 Å². The number of amides is 1. The maximum absolute atomic E-state index is 10.7. The molecule has 74 valence electrons. The first-order valence-electron chi connectivity index (χ1n) is 3.71. The molecular formula is C8H8N2O4. The normalized spacial score (nSPS) is 9.50. The molecule has 0 fully saturated rings. The summed E-state index contributed by atoms with van der Waals surface area (Å²) in [4.78, 5) is 21.0. The smallest absolute Gasteiger partial charge is 0.221 e. The highest BCUT2D eigenvalue weighted by Crippen LogP contribution is 2.36. The zero-order chi connectivity index (χ0) is 10.7. The first-order valence-corrected chi connectivity index (χ1v) is 3.71. The van der Waals surface area contributed by atoms with Crippen LogP contribution in [0.2, 0.25) is 0 Å². The Balaban J connectivity index is 3.19. The molecule has 6 nitrogen and oxygen atoms in total. The van der Waals surface area contributed by atoms with Gasteiger partial charge in [0.25, 0.3) is 0 Å². The summed E-state index contributed by atoms with van der Waals surface area (Å²) >= 11 is 0. The fourth-order valence-corrected chi connectivity index (χ4v) is 0.931. The van der Waals surface area contributed by atoms with Crippen molar-refractivity contribution < 1.29 is 15.0 Å². The summed E-state index contributed by atoms with van der Waals surface area (Å²) in [6.45, 7) is 1.25. The molecule has 0 saturated carbocycles. The van der Waals surface area contributed by atoms with Gasteiger partial charge in [-0.1, -0.05) is 0 Å². The Kier molecular flexibility index (Phi) is 2.66. The number of hydrogen-bond donors (Lipinski definition) is 3. The second-order valence-corrected chi connectivity index (χ2v) is 2.63. The van der Waals surface area contributed by atoms with E-state index < -0.39 is 17.4 Å². The van der Waals surface area contributed by atoms with Crippen molar-refractivity contribution in [1.82, 2.24) is 0 Å². The number of phenolic OH excluding ortho intramolecular Hbond substituents is 2. The van der Waals surface area contributed by atoms with Crippen molar-refractivity contribution in [2.24, 2.45) is 5.18 Å². The number of anilines is 1. The maximum Gasteiger partial charge on any atom is 0.221 e. The van der Waals surface area contributed by atoms with Crippen molar-refractivity contribution in [2.45, 2.75) is 6.92 Å². The lowest BCUT2D eigenvalue weighted by molar-refractivity contribution is -0.114. The fraction of sp³-hybridized carbons (Fsp3) is 0.125. The minimum absolute atomic E-state index is 0.0581. The van der Waals surface area contributed by atoms with Crippen LogP contribution < -0.4 is 5.32 Å². The van der Waals surface area contributed by atoms with Crippen molar-refractivity contribution in [3.63, 3.8) is 0 Å². The van der Waals surface area contributed by atoms with Gasteiger partial charge in [0.1, 0.15) is 5.69 Å². The lowest BCUT2D eigenvalue weighted by Gasteiger charge is -2.05. The van der Waals surface area contributed by atoms with Gasteiger partial charge in [-0.3, -0.25) is 4.79 Å². The van der Waals surface area contributed by atoms with Crippen molar-refractivity contribution in [1.29, 1.82) is 0 Å². The average Bonchev–Trinajstić information content (AvgIpc) is 2.10. The zero-order valence-electron chi connectivity index (χ0n) is 7.31. The predicted octanol–water partition coefficient (Wildman–Crippen LogP) is 1.45. The quantitative estimate of drug-likeness (QED) is 0.378. The van der Waals surface area contributed by atoms with Crippen molar-refractivity contribution in [2.75, 3.05) is 5.32 Å². The highest BCUT2D eigenvalue weighted by molar-refractivity contribution is 5.92. The summed E-state index contributed by atoms with van der Waals surface area (Å²) in [6, 6.07) is 2.01. The van der Waals surface area contributed by atoms with Crippen LogP contribution in [0, 0.1) is 4.91 Å². The molecule has 0 atom stereocenters. The van der Waals surface area contributed by atoms with E-state index in [1.165, 1.54) is 6.92 Å². The van der Waals surface area contributed by atoms with E-state index in [0.29, 0.717) is 0 Å². The molecule has 0 aliphatic carbocycles. The summed E-state index contributed by atoms with van der Waals surface area (Å²) in [6.07, 6.45) is 0. The molecule has 1 rings (SSSR count). The summed E-state index contributed by atoms with van der Waals surface area (Å²) in [5.74, 6) is -1.30. The maximum atomic E-state index is 10.7. The van der Waals surface area contributed by atoms with Gasteiger partial charge in [0, 0.05) is 19.1 Å². The third-order valence-corrected chi connectivity index (χ3v) is 1.50. The molecule has 1 amide bonds. The van der Waals surface area contributed by atoms with Crippen LogP contribution in [0.4, 0.5) is 11.4 Å². The highest BCUT2D eigenvalue weighted by atomic mass is 16.3. The van der Waals surface area contributed by atoms with E-state index in [9.17, 15) is 9.70 Å². The van der Waals surface area contributed by atoms with Gasteiger partial charge in [-0.2, -0.15) is 0 Å². The molecule has 0 spiro atoms. The van der Waals surface area contributed by atoms with Gasteiger partial charge in [-0.25, -0.2) is 0 Å². The molecule has 0 saturated heterocycles. The van der Waals surface area contributed by atoms with Gasteiger partial charge in [0.2, 0.25) is 5.91 Å². The number of phenols is 2. The Bertz CT molecular complexity index is 389. The monoisotopic (exact) mass is 196 g/mol. The number of nitrogens with zero attached hydrogens (tertiary/aromatic N) is 1. The van der Waals surface area contributed by atoms with Crippen LogP contribution in [0.1, 0.15) is 6.92 Å². The number of carbonyl (C=O) groups excluding carboxylic acids is 1. The standard InChI is InChI=1S/C8H8N2O4/c1-4(11)9-5-2-7(12)8(13)3-6(5)10-14/h2-3,12-13H,1H3,(H,9,11). The number of benzene rings is 1. The third kappa shape index (κ3) is 1.98. The molecule has 1 aromatic rings. The highest BCUT2D eigenvalue weighted by Gasteiger charge is 2.09. The largest absolute Gasteiger partial charge is 0.504 e. The first kappa shape index (κ1) is 9.97. The van der Waals surface area contributed by atoms with Crippen LogP contribution in [-0.2, 0) is 4.79 Å². The molecular weight excluding hydrogens is 188 g/mol. The van der Waals surface area contributed by atoms with Crippen molar-refractivity contribution in [3.8, 4) is 11.5 Å². The van der Waals surface area contributed by atoms with E-state index in [1.54, 1.807) is 0 Å². The van der Waals surface area contributed by atoms with Crippen LogP contribution in [0.25, 0.3) is 0 Å². The Morgan fingerprint density at radius 1 is 1.36 bits per heavy atom. The van der Waals surface area contributed by atoms with Crippen LogP contribution >= 0.6 is 0 Å². The number of carbonyl (C=O) groups is 1. The molecule has 0 bridgehead atoms. The average molecular weight is 196 g/mol. The Hall–Kier alpha value is -2.11. The number of aromatic hydroxyl groups is 2. The Labute approximate surface area is 79.2 Å². The van der Waals surface area contributed by atoms with Gasteiger partial charge in [-0.05, 0) is 5.18 Å². The van der Waals surface area contributed by atoms with Crippen LogP contribution in [0.15, 0.2) is 17.3 Å². The molecule has 0 aromatic heterocycles. The van der Waals surface area contributed by atoms with E-state index in [0.717, 1.165) is 12.1 Å². The molecule has 14 heavy (non-hydrogen) atoms. The predicted molar refractivity (Wildman–Crippen MR) is 49.5 cm³/mol. The van der Waals surface area contributed by atoms with E-state index >= 15 is 0 Å². The fourth-order valence-electron chi connectivity index (χ4n) is 0.931. The van der Waals surface area contributed by atoms with Crippen molar-refractivity contribution in [3.05, 3.63) is 17.0 Å². The number of hydrogen-bond acceptors (Lipinski definition) is 5. The van der Waals surface area contributed by atoms with Gasteiger partial charge in [-0.15, -0.1) is 4.91 Å². The molecule has 0 unspecified atom stereocenters. The summed E-state index contributed by atoms with van der Waals surface area (Å²) < 4.78 is 0. The second-order valence-electron chi connectivity index (χ2n) is 2.63. The van der Waals surface area contributed by atoms with Crippen molar-refractivity contribution >= 4 is 17.3 Å². The molecule has 6 heteroatoms. The molecule has 0 radical (unpaired) electrons. The van der Waals surface area contributed by atoms with Gasteiger partial charge in [0.05, 0.1) is 5.69 Å². The molecule has 3 N–H and O–H groups in total. The first-order chi connectivity index (χ1) is 6.54. The van der Waals surface area contributed by atoms with E-state index in [2.05, 4.69) is 10.5 Å². The van der Waals surface area contributed by atoms with E-state index in [4.69, 9.17) is 10.2 Å². The number of rotatable bonds is 2. The third-order valence-electron chi connectivity index (χ3n) is 1.50. The number of nitroso groups, excluding NO2 is 1. The van der Waals surface area contributed by atoms with E-state index in [1.807, 2.05) is 0 Å². The molecule has 1 aromatic carbocycles. The Morgan fingerprint density at radius 3 is 2.43 bits per heavy atom. The SMILES string of the molecule is CC(=O)Nc1cc(O)c(O)cc1N=O. The summed E-state index contributed by atoms with van der Waals surface area (Å²) in [5.41, 5.74) is -0.0849. The lowest BCUT2D eigenvalue weighted by Crippen LogP contribution is -2.05. The van der Waals surface area contributed by atoms with Crippen LogP contribution in [-0.4, -0.2) is 16.1 Å². The van der Waals surface area contributed by atoms with Gasteiger partial charge in [0.15, 0.2) is 11.5 Å². The molecule has 0 heterocycles. The second kappa shape index (κ2) is 3.73. The van der Waals surface area contributed by atoms with Crippen LogP contribution in [0.3, 0.4) is 0 Å². The summed E-state index contributed by atoms with van der Waals surface area (Å²) in [5, 5.41) is 23.0. The molecule has 0 aliphatic heterocycles. The van der Waals surface area contributed by atoms with Gasteiger partial charge < -0.3 is 15.5 Å². The number of nitrogens with one attached hydrogen (secondary N) is 1. The molecule has 0 aliphatic rings. The summed E-state index contributed by atoms with van der Waals surface area (Å²) in [7, 11) is 0.